The number of benzene rings is 1. The van der Waals surface area contributed by atoms with Gasteiger partial charge in [0, 0.05) is 19.1 Å². The standard InChI is InChI=1S/C18H30N2O/c1-3-12-21-18-9-7-8-17(13-18)15-19-14-16(2)20-10-5-4-6-11-20/h7-9,13,16,19H,3-6,10-12,14-15H2,1-2H3. The van der Waals surface area contributed by atoms with E-state index < -0.39 is 0 Å². The van der Waals surface area contributed by atoms with Crippen LogP contribution in [0.15, 0.2) is 24.3 Å². The summed E-state index contributed by atoms with van der Waals surface area (Å²) in [5, 5.41) is 3.58. The van der Waals surface area contributed by atoms with Gasteiger partial charge < -0.3 is 10.1 Å². The maximum atomic E-state index is 5.68. The van der Waals surface area contributed by atoms with Crippen LogP contribution in [0.1, 0.15) is 45.1 Å². The third-order valence-electron chi connectivity index (χ3n) is 4.15. The molecule has 0 bridgehead atoms. The number of hydrogen-bond donors (Lipinski definition) is 1. The van der Waals surface area contributed by atoms with Crippen LogP contribution in [0.5, 0.6) is 5.75 Å². The van der Waals surface area contributed by atoms with Crippen LogP contribution in [0.4, 0.5) is 0 Å². The third-order valence-corrected chi connectivity index (χ3v) is 4.15. The Labute approximate surface area is 129 Å². The molecule has 0 spiro atoms. The lowest BCUT2D eigenvalue weighted by Gasteiger charge is -2.32. The number of likely N-dealkylation sites (tertiary alicyclic amines) is 1. The fraction of sp³-hybridized carbons (Fsp3) is 0.667. The van der Waals surface area contributed by atoms with Gasteiger partial charge in [0.25, 0.3) is 0 Å². The predicted octanol–water partition coefficient (Wildman–Crippen LogP) is 3.44. The Morgan fingerprint density at radius 1 is 1.24 bits per heavy atom. The Kier molecular flexibility index (Phi) is 7.04. The number of nitrogens with zero attached hydrogens (tertiary/aromatic N) is 1. The lowest BCUT2D eigenvalue weighted by atomic mass is 10.1. The van der Waals surface area contributed by atoms with Crippen LogP contribution in [0, 0.1) is 0 Å². The molecule has 2 rings (SSSR count). The summed E-state index contributed by atoms with van der Waals surface area (Å²) in [4.78, 5) is 2.61. The van der Waals surface area contributed by atoms with Gasteiger partial charge in [-0.3, -0.25) is 4.90 Å². The SMILES string of the molecule is CCCOc1cccc(CNCC(C)N2CCCCC2)c1. The van der Waals surface area contributed by atoms with Crippen molar-refractivity contribution in [3.8, 4) is 5.75 Å². The highest BCUT2D eigenvalue weighted by Gasteiger charge is 2.15. The lowest BCUT2D eigenvalue weighted by Crippen LogP contribution is -2.42. The molecule has 1 aromatic carbocycles. The molecule has 21 heavy (non-hydrogen) atoms. The summed E-state index contributed by atoms with van der Waals surface area (Å²) in [5.74, 6) is 0.986. The maximum absolute atomic E-state index is 5.68. The predicted molar refractivity (Wildman–Crippen MR) is 88.8 cm³/mol. The average molecular weight is 290 g/mol. The topological polar surface area (TPSA) is 24.5 Å². The fourth-order valence-electron chi connectivity index (χ4n) is 2.88. The van der Waals surface area contributed by atoms with E-state index in [1.165, 1.54) is 37.9 Å². The van der Waals surface area contributed by atoms with E-state index in [0.29, 0.717) is 6.04 Å². The van der Waals surface area contributed by atoms with Gasteiger partial charge in [-0.05, 0) is 57.0 Å². The number of nitrogens with one attached hydrogen (secondary N) is 1. The van der Waals surface area contributed by atoms with Crippen LogP contribution >= 0.6 is 0 Å². The largest absolute Gasteiger partial charge is 0.494 e. The second-order valence-electron chi connectivity index (χ2n) is 6.07. The summed E-state index contributed by atoms with van der Waals surface area (Å²) in [5.41, 5.74) is 1.30. The minimum atomic E-state index is 0.629. The lowest BCUT2D eigenvalue weighted by molar-refractivity contribution is 0.170. The maximum Gasteiger partial charge on any atom is 0.119 e. The molecule has 1 aliphatic heterocycles. The Bertz CT molecular complexity index is 402. The van der Waals surface area contributed by atoms with E-state index in [0.717, 1.165) is 31.9 Å². The van der Waals surface area contributed by atoms with Crippen molar-refractivity contribution in [2.24, 2.45) is 0 Å². The molecular formula is C18H30N2O. The van der Waals surface area contributed by atoms with Crippen LogP contribution in [0.3, 0.4) is 0 Å². The molecule has 1 fully saturated rings. The van der Waals surface area contributed by atoms with E-state index >= 15 is 0 Å². The van der Waals surface area contributed by atoms with E-state index in [4.69, 9.17) is 4.74 Å². The second kappa shape index (κ2) is 9.06. The zero-order valence-electron chi connectivity index (χ0n) is 13.6. The number of hydrogen-bond acceptors (Lipinski definition) is 3. The average Bonchev–Trinajstić information content (AvgIpc) is 2.54. The first-order valence-corrected chi connectivity index (χ1v) is 8.46. The first-order valence-electron chi connectivity index (χ1n) is 8.46. The van der Waals surface area contributed by atoms with E-state index in [2.05, 4.69) is 42.3 Å². The van der Waals surface area contributed by atoms with Crippen molar-refractivity contribution >= 4 is 0 Å². The van der Waals surface area contributed by atoms with Gasteiger partial charge in [-0.2, -0.15) is 0 Å². The van der Waals surface area contributed by atoms with Crippen molar-refractivity contribution in [2.75, 3.05) is 26.2 Å². The second-order valence-corrected chi connectivity index (χ2v) is 6.07. The fourth-order valence-corrected chi connectivity index (χ4v) is 2.88. The van der Waals surface area contributed by atoms with Gasteiger partial charge in [0.2, 0.25) is 0 Å². The molecular weight excluding hydrogens is 260 g/mol. The van der Waals surface area contributed by atoms with Gasteiger partial charge in [-0.1, -0.05) is 25.5 Å². The van der Waals surface area contributed by atoms with Crippen LogP contribution in [-0.2, 0) is 6.54 Å². The number of rotatable bonds is 8. The Morgan fingerprint density at radius 2 is 2.05 bits per heavy atom. The van der Waals surface area contributed by atoms with Crippen molar-refractivity contribution in [3.63, 3.8) is 0 Å². The molecule has 0 amide bonds. The molecule has 0 radical (unpaired) electrons. The van der Waals surface area contributed by atoms with Crippen molar-refractivity contribution in [1.29, 1.82) is 0 Å². The molecule has 0 aliphatic carbocycles. The van der Waals surface area contributed by atoms with Gasteiger partial charge >= 0.3 is 0 Å². The summed E-state index contributed by atoms with van der Waals surface area (Å²) in [6.45, 7) is 9.77. The molecule has 1 aliphatic rings. The third kappa shape index (κ3) is 5.68. The highest BCUT2D eigenvalue weighted by molar-refractivity contribution is 5.28. The first-order chi connectivity index (χ1) is 10.3. The minimum absolute atomic E-state index is 0.629. The van der Waals surface area contributed by atoms with E-state index in [-0.39, 0.29) is 0 Å². The van der Waals surface area contributed by atoms with E-state index in [9.17, 15) is 0 Å². The monoisotopic (exact) mass is 290 g/mol. The van der Waals surface area contributed by atoms with E-state index in [1.807, 2.05) is 6.07 Å². The van der Waals surface area contributed by atoms with Gasteiger partial charge in [0.1, 0.15) is 5.75 Å². The summed E-state index contributed by atoms with van der Waals surface area (Å²) >= 11 is 0. The molecule has 1 unspecified atom stereocenters. The van der Waals surface area contributed by atoms with Crippen LogP contribution in [0.25, 0.3) is 0 Å². The summed E-state index contributed by atoms with van der Waals surface area (Å²) in [6.07, 6.45) is 5.18. The first kappa shape index (κ1) is 16.3. The molecule has 0 aromatic heterocycles. The summed E-state index contributed by atoms with van der Waals surface area (Å²) < 4.78 is 5.68. The van der Waals surface area contributed by atoms with Crippen LogP contribution in [-0.4, -0.2) is 37.2 Å². The summed E-state index contributed by atoms with van der Waals surface area (Å²) in [7, 11) is 0. The molecule has 118 valence electrons. The molecule has 3 heteroatoms. The highest BCUT2D eigenvalue weighted by Crippen LogP contribution is 2.14. The molecule has 0 saturated carbocycles. The summed E-state index contributed by atoms with van der Waals surface area (Å²) in [6, 6.07) is 9.06. The number of piperidine rings is 1. The minimum Gasteiger partial charge on any atom is -0.494 e. The number of ether oxygens (including phenoxy) is 1. The van der Waals surface area contributed by atoms with Gasteiger partial charge in [0.05, 0.1) is 6.61 Å². The Hall–Kier alpha value is -1.06. The van der Waals surface area contributed by atoms with Gasteiger partial charge in [-0.15, -0.1) is 0 Å². The zero-order valence-corrected chi connectivity index (χ0v) is 13.6. The van der Waals surface area contributed by atoms with E-state index in [1.54, 1.807) is 0 Å². The smallest absolute Gasteiger partial charge is 0.119 e. The van der Waals surface area contributed by atoms with Gasteiger partial charge in [-0.25, -0.2) is 0 Å². The molecule has 1 aromatic rings. The van der Waals surface area contributed by atoms with Crippen molar-refractivity contribution in [3.05, 3.63) is 29.8 Å². The van der Waals surface area contributed by atoms with Crippen molar-refractivity contribution in [2.45, 2.75) is 52.1 Å². The van der Waals surface area contributed by atoms with Crippen LogP contribution in [0.2, 0.25) is 0 Å². The normalized spacial score (nSPS) is 17.6. The molecule has 1 N–H and O–H groups in total. The van der Waals surface area contributed by atoms with Crippen molar-refractivity contribution in [1.82, 2.24) is 10.2 Å². The Balaban J connectivity index is 1.72. The molecule has 1 atom stereocenters. The van der Waals surface area contributed by atoms with Crippen LogP contribution < -0.4 is 10.1 Å². The molecule has 1 saturated heterocycles. The zero-order chi connectivity index (χ0) is 14.9. The molecule has 3 nitrogen and oxygen atoms in total. The quantitative estimate of drug-likeness (QED) is 0.794. The van der Waals surface area contributed by atoms with Gasteiger partial charge in [0.15, 0.2) is 0 Å². The van der Waals surface area contributed by atoms with Crippen molar-refractivity contribution < 1.29 is 4.74 Å². The Morgan fingerprint density at radius 3 is 2.81 bits per heavy atom. The highest BCUT2D eigenvalue weighted by atomic mass is 16.5. The molecule has 1 heterocycles.